The molecule has 7 heteroatoms. The molecule has 2 aromatic rings. The molecule has 0 radical (unpaired) electrons. The Kier molecular flexibility index (Phi) is 5.11. The predicted octanol–water partition coefficient (Wildman–Crippen LogP) is 2.16. The van der Waals surface area contributed by atoms with Gasteiger partial charge >= 0.3 is 0 Å². The monoisotopic (exact) mass is 344 g/mol. The summed E-state index contributed by atoms with van der Waals surface area (Å²) in [4.78, 5) is 26.0. The van der Waals surface area contributed by atoms with E-state index in [0.717, 1.165) is 25.1 Å². The van der Waals surface area contributed by atoms with Crippen LogP contribution in [0, 0.1) is 11.7 Å². The molecule has 1 amide bonds. The lowest BCUT2D eigenvalue weighted by atomic mass is 9.94. The molecule has 1 saturated heterocycles. The molecule has 1 fully saturated rings. The van der Waals surface area contributed by atoms with Crippen LogP contribution in [-0.4, -0.2) is 28.8 Å². The first-order chi connectivity index (χ1) is 12.0. The quantitative estimate of drug-likeness (QED) is 0.923. The highest BCUT2D eigenvalue weighted by atomic mass is 19.1. The van der Waals surface area contributed by atoms with Crippen LogP contribution in [0.3, 0.4) is 0 Å². The summed E-state index contributed by atoms with van der Waals surface area (Å²) in [5, 5.41) is 6.68. The smallest absolute Gasteiger partial charge is 0.268 e. The van der Waals surface area contributed by atoms with Gasteiger partial charge in [-0.25, -0.2) is 9.07 Å². The molecule has 0 spiro atoms. The fourth-order valence-corrected chi connectivity index (χ4v) is 3.12. The predicted molar refractivity (Wildman–Crippen MR) is 94.1 cm³/mol. The molecule has 0 saturated carbocycles. The third kappa shape index (κ3) is 4.23. The Bertz CT molecular complexity index is 821. The molecule has 1 aromatic heterocycles. The fourth-order valence-electron chi connectivity index (χ4n) is 3.12. The van der Waals surface area contributed by atoms with Gasteiger partial charge in [0, 0.05) is 32.6 Å². The van der Waals surface area contributed by atoms with E-state index in [-0.39, 0.29) is 23.1 Å². The van der Waals surface area contributed by atoms with Gasteiger partial charge in [0.05, 0.1) is 17.6 Å². The number of nitrogens with one attached hydrogen (secondary N) is 1. The van der Waals surface area contributed by atoms with Gasteiger partial charge in [0.15, 0.2) is 0 Å². The molecule has 2 heterocycles. The Labute approximate surface area is 145 Å². The zero-order chi connectivity index (χ0) is 17.8. The maximum atomic E-state index is 13.6. The first-order valence-corrected chi connectivity index (χ1v) is 8.35. The summed E-state index contributed by atoms with van der Waals surface area (Å²) >= 11 is 0. The molecule has 3 rings (SSSR count). The van der Waals surface area contributed by atoms with Crippen molar-refractivity contribution in [3.8, 4) is 0 Å². The molecule has 1 unspecified atom stereocenters. The van der Waals surface area contributed by atoms with E-state index in [0.29, 0.717) is 13.0 Å². The van der Waals surface area contributed by atoms with Crippen molar-refractivity contribution in [1.82, 2.24) is 9.78 Å². The molecule has 1 aliphatic rings. The van der Waals surface area contributed by atoms with Crippen molar-refractivity contribution in [2.45, 2.75) is 19.3 Å². The number of aryl methyl sites for hydroxylation is 1. The molecule has 25 heavy (non-hydrogen) atoms. The van der Waals surface area contributed by atoms with Crippen LogP contribution in [0.2, 0.25) is 0 Å². The number of carbonyl (C=O) groups excluding carboxylic acids is 1. The second-order valence-electron chi connectivity index (χ2n) is 6.36. The second-order valence-corrected chi connectivity index (χ2v) is 6.36. The lowest BCUT2D eigenvalue weighted by Crippen LogP contribution is -2.38. The fraction of sp³-hybridized carbons (Fsp3) is 0.389. The van der Waals surface area contributed by atoms with Crippen molar-refractivity contribution in [3.05, 3.63) is 52.7 Å². The number of carbonyl (C=O) groups is 1. The van der Waals surface area contributed by atoms with Gasteiger partial charge in [0.1, 0.15) is 5.82 Å². The minimum Gasteiger partial charge on any atom is -0.370 e. The number of piperidine rings is 1. The van der Waals surface area contributed by atoms with E-state index in [2.05, 4.69) is 15.3 Å². The maximum absolute atomic E-state index is 13.6. The van der Waals surface area contributed by atoms with Crippen LogP contribution < -0.4 is 15.8 Å². The number of para-hydroxylation sites is 1. The highest BCUT2D eigenvalue weighted by Crippen LogP contribution is 2.24. The lowest BCUT2D eigenvalue weighted by Gasteiger charge is -2.33. The first-order valence-electron chi connectivity index (χ1n) is 8.35. The van der Waals surface area contributed by atoms with Crippen LogP contribution in [0.5, 0.6) is 0 Å². The van der Waals surface area contributed by atoms with E-state index >= 15 is 0 Å². The van der Waals surface area contributed by atoms with Crippen molar-refractivity contribution in [2.24, 2.45) is 13.0 Å². The summed E-state index contributed by atoms with van der Waals surface area (Å²) in [6.45, 7) is 1.51. The Hall–Kier alpha value is -2.70. The first kappa shape index (κ1) is 17.1. The zero-order valence-electron chi connectivity index (χ0n) is 14.1. The van der Waals surface area contributed by atoms with E-state index in [1.165, 1.54) is 10.7 Å². The Morgan fingerprint density at radius 2 is 2.20 bits per heavy atom. The normalized spacial score (nSPS) is 17.4. The van der Waals surface area contributed by atoms with Crippen molar-refractivity contribution in [2.75, 3.05) is 23.3 Å². The molecule has 1 aliphatic heterocycles. The Balaban J connectivity index is 1.61. The summed E-state index contributed by atoms with van der Waals surface area (Å²) in [5.74, 6) is -0.476. The number of benzene rings is 1. The number of rotatable bonds is 4. The molecule has 0 aliphatic carbocycles. The van der Waals surface area contributed by atoms with Gasteiger partial charge in [-0.2, -0.15) is 5.10 Å². The molecule has 1 N–H and O–H groups in total. The van der Waals surface area contributed by atoms with Gasteiger partial charge < -0.3 is 10.2 Å². The van der Waals surface area contributed by atoms with Crippen LogP contribution >= 0.6 is 0 Å². The highest BCUT2D eigenvalue weighted by molar-refractivity contribution is 5.91. The Morgan fingerprint density at radius 3 is 2.96 bits per heavy atom. The summed E-state index contributed by atoms with van der Waals surface area (Å²) in [6, 6.07) is 7.70. The number of hydrogen-bond donors (Lipinski definition) is 1. The summed E-state index contributed by atoms with van der Waals surface area (Å²) in [5.41, 5.74) is 0.829. The average Bonchev–Trinajstić information content (AvgIpc) is 2.59. The van der Waals surface area contributed by atoms with E-state index < -0.39 is 5.82 Å². The molecule has 1 atom stereocenters. The number of halogens is 1. The van der Waals surface area contributed by atoms with Gasteiger partial charge in [-0.1, -0.05) is 12.1 Å². The van der Waals surface area contributed by atoms with Crippen LogP contribution in [0.15, 0.2) is 41.3 Å². The zero-order valence-corrected chi connectivity index (χ0v) is 14.1. The maximum Gasteiger partial charge on any atom is 0.268 e. The number of aromatic nitrogens is 2. The Morgan fingerprint density at radius 1 is 1.40 bits per heavy atom. The molecular formula is C18H21FN4O2. The SMILES string of the molecule is Cn1ncc(N2CCCC(CC(=O)Nc3ccccc3F)C2)cc1=O. The van der Waals surface area contributed by atoms with E-state index in [9.17, 15) is 14.0 Å². The number of amides is 1. The molecule has 6 nitrogen and oxygen atoms in total. The average molecular weight is 344 g/mol. The van der Waals surface area contributed by atoms with E-state index in [4.69, 9.17) is 0 Å². The second kappa shape index (κ2) is 7.46. The largest absolute Gasteiger partial charge is 0.370 e. The van der Waals surface area contributed by atoms with Crippen LogP contribution in [0.25, 0.3) is 0 Å². The van der Waals surface area contributed by atoms with Gasteiger partial charge in [0.2, 0.25) is 5.91 Å². The van der Waals surface area contributed by atoms with E-state index in [1.807, 2.05) is 0 Å². The minimum atomic E-state index is -0.438. The summed E-state index contributed by atoms with van der Waals surface area (Å²) in [7, 11) is 1.61. The summed E-state index contributed by atoms with van der Waals surface area (Å²) < 4.78 is 14.9. The topological polar surface area (TPSA) is 67.2 Å². The minimum absolute atomic E-state index is 0.156. The van der Waals surface area contributed by atoms with Gasteiger partial charge in [-0.15, -0.1) is 0 Å². The molecular weight excluding hydrogens is 323 g/mol. The lowest BCUT2D eigenvalue weighted by molar-refractivity contribution is -0.117. The summed E-state index contributed by atoms with van der Waals surface area (Å²) in [6.07, 6.45) is 3.86. The highest BCUT2D eigenvalue weighted by Gasteiger charge is 2.23. The third-order valence-corrected chi connectivity index (χ3v) is 4.46. The van der Waals surface area contributed by atoms with Crippen LogP contribution in [0.1, 0.15) is 19.3 Å². The standard InChI is InChI=1S/C18H21FN4O2/c1-22-18(25)10-14(11-20-22)23-8-4-5-13(12-23)9-17(24)21-16-7-3-2-6-15(16)19/h2-3,6-7,10-11,13H,4-5,8-9,12H2,1H3,(H,21,24). The van der Waals surface area contributed by atoms with Crippen LogP contribution in [0.4, 0.5) is 15.8 Å². The van der Waals surface area contributed by atoms with Crippen molar-refractivity contribution in [1.29, 1.82) is 0 Å². The number of hydrogen-bond acceptors (Lipinski definition) is 4. The number of nitrogens with zero attached hydrogens (tertiary/aromatic N) is 3. The molecule has 132 valence electrons. The van der Waals surface area contributed by atoms with Gasteiger partial charge in [0.25, 0.3) is 5.56 Å². The van der Waals surface area contributed by atoms with E-state index in [1.54, 1.807) is 37.5 Å². The van der Waals surface area contributed by atoms with Crippen molar-refractivity contribution >= 4 is 17.3 Å². The van der Waals surface area contributed by atoms with Crippen molar-refractivity contribution < 1.29 is 9.18 Å². The molecule has 1 aromatic carbocycles. The third-order valence-electron chi connectivity index (χ3n) is 4.46. The molecule has 0 bridgehead atoms. The van der Waals surface area contributed by atoms with Crippen LogP contribution in [-0.2, 0) is 11.8 Å². The van der Waals surface area contributed by atoms with Gasteiger partial charge in [-0.05, 0) is 30.9 Å². The number of anilines is 2. The van der Waals surface area contributed by atoms with Crippen molar-refractivity contribution in [3.63, 3.8) is 0 Å². The van der Waals surface area contributed by atoms with Gasteiger partial charge in [-0.3, -0.25) is 9.59 Å².